The number of aryl methyl sites for hydroxylation is 1. The van der Waals surface area contributed by atoms with Gasteiger partial charge in [-0.05, 0) is 36.1 Å². The second-order valence-electron chi connectivity index (χ2n) is 8.20. The summed E-state index contributed by atoms with van der Waals surface area (Å²) in [6, 6.07) is 26.5. The van der Waals surface area contributed by atoms with Crippen LogP contribution in [0.25, 0.3) is 11.3 Å². The maximum absolute atomic E-state index is 12.7. The summed E-state index contributed by atoms with van der Waals surface area (Å²) in [5, 5.41) is 3.67. The summed E-state index contributed by atoms with van der Waals surface area (Å²) < 4.78 is 11.2. The van der Waals surface area contributed by atoms with E-state index in [0.29, 0.717) is 24.8 Å². The molecule has 1 aromatic heterocycles. The van der Waals surface area contributed by atoms with E-state index >= 15 is 0 Å². The van der Waals surface area contributed by atoms with Crippen LogP contribution >= 0.6 is 11.3 Å². The molecule has 5 rings (SSSR count). The molecule has 5 nitrogen and oxygen atoms in total. The Morgan fingerprint density at radius 1 is 0.882 bits per heavy atom. The van der Waals surface area contributed by atoms with Gasteiger partial charge in [-0.1, -0.05) is 66.7 Å². The number of fused-ring (bicyclic) bond motifs is 1. The Morgan fingerprint density at radius 2 is 1.62 bits per heavy atom. The molecule has 0 unspecified atom stereocenters. The van der Waals surface area contributed by atoms with Crippen molar-refractivity contribution in [2.45, 2.75) is 25.7 Å². The van der Waals surface area contributed by atoms with Gasteiger partial charge in [0.05, 0.1) is 5.69 Å². The first-order chi connectivity index (χ1) is 16.7. The fourth-order valence-corrected chi connectivity index (χ4v) is 5.04. The third-order valence-corrected chi connectivity index (χ3v) is 6.65. The zero-order valence-corrected chi connectivity index (χ0v) is 19.6. The van der Waals surface area contributed by atoms with Crippen molar-refractivity contribution in [1.29, 1.82) is 0 Å². The summed E-state index contributed by atoms with van der Waals surface area (Å²) in [7, 11) is 0. The van der Waals surface area contributed by atoms with Crippen LogP contribution in [0.4, 0.5) is 5.13 Å². The van der Waals surface area contributed by atoms with E-state index in [2.05, 4.69) is 29.6 Å². The molecule has 0 spiro atoms. The molecule has 0 bridgehead atoms. The molecule has 1 aliphatic heterocycles. The van der Waals surface area contributed by atoms with Gasteiger partial charge in [0, 0.05) is 23.3 Å². The molecule has 6 heteroatoms. The normalized spacial score (nSPS) is 12.4. The van der Waals surface area contributed by atoms with Gasteiger partial charge in [-0.3, -0.25) is 4.79 Å². The van der Waals surface area contributed by atoms with E-state index in [1.54, 1.807) is 11.3 Å². The molecule has 1 N–H and O–H groups in total. The van der Waals surface area contributed by atoms with Crippen molar-refractivity contribution in [2.24, 2.45) is 0 Å². The Hall–Kier alpha value is -3.64. The van der Waals surface area contributed by atoms with Gasteiger partial charge < -0.3 is 14.8 Å². The number of carbonyl (C=O) groups is 1. The van der Waals surface area contributed by atoms with E-state index in [-0.39, 0.29) is 5.91 Å². The minimum Gasteiger partial charge on any atom is -0.486 e. The molecule has 0 saturated heterocycles. The molecule has 0 atom stereocenters. The van der Waals surface area contributed by atoms with Gasteiger partial charge in [0.15, 0.2) is 16.6 Å². The Kier molecular flexibility index (Phi) is 6.86. The summed E-state index contributed by atoms with van der Waals surface area (Å²) in [5.41, 5.74) is 4.35. The minimum absolute atomic E-state index is 0.0165. The molecule has 0 saturated carbocycles. The van der Waals surface area contributed by atoms with Gasteiger partial charge in [0.1, 0.15) is 13.2 Å². The monoisotopic (exact) mass is 470 g/mol. The van der Waals surface area contributed by atoms with Crippen LogP contribution in [0.15, 0.2) is 78.9 Å². The fraction of sp³-hybridized carbons (Fsp3) is 0.214. The molecule has 1 aliphatic rings. The van der Waals surface area contributed by atoms with Crippen LogP contribution in [-0.2, 0) is 17.6 Å². The Bertz CT molecular complexity index is 1260. The van der Waals surface area contributed by atoms with E-state index in [0.717, 1.165) is 52.5 Å². The number of ether oxygens (including phenoxy) is 2. The lowest BCUT2D eigenvalue weighted by Gasteiger charge is -2.18. The standard InChI is InChI=1S/C28H26N2O3S/c31-26(13-7-10-21-14-15-23-24(18-21)33-17-16-32-23)29-28-30-27(22-11-5-2-6-12-22)25(34-28)19-20-8-3-1-4-9-20/h1-6,8-9,11-12,14-15,18H,7,10,13,16-17,19H2,(H,29,30,31). The van der Waals surface area contributed by atoms with Crippen LogP contribution in [-0.4, -0.2) is 24.1 Å². The van der Waals surface area contributed by atoms with Gasteiger partial charge in [0.25, 0.3) is 0 Å². The molecule has 1 amide bonds. The second kappa shape index (κ2) is 10.5. The van der Waals surface area contributed by atoms with E-state index in [1.807, 2.05) is 54.6 Å². The molecule has 34 heavy (non-hydrogen) atoms. The average molecular weight is 471 g/mol. The van der Waals surface area contributed by atoms with Crippen molar-refractivity contribution in [3.8, 4) is 22.8 Å². The number of hydrogen-bond donors (Lipinski definition) is 1. The van der Waals surface area contributed by atoms with Crippen molar-refractivity contribution in [3.05, 3.63) is 94.9 Å². The minimum atomic E-state index is -0.0165. The molecular formula is C28H26N2O3S. The SMILES string of the molecule is O=C(CCCc1ccc2c(c1)OCCO2)Nc1nc(-c2ccccc2)c(Cc2ccccc2)s1. The van der Waals surface area contributed by atoms with Crippen molar-refractivity contribution in [3.63, 3.8) is 0 Å². The highest BCUT2D eigenvalue weighted by molar-refractivity contribution is 7.16. The first kappa shape index (κ1) is 22.2. The summed E-state index contributed by atoms with van der Waals surface area (Å²) in [6.45, 7) is 1.16. The predicted octanol–water partition coefficient (Wildman–Crippen LogP) is 6.13. The first-order valence-electron chi connectivity index (χ1n) is 11.5. The van der Waals surface area contributed by atoms with Crippen molar-refractivity contribution >= 4 is 22.4 Å². The van der Waals surface area contributed by atoms with Crippen molar-refractivity contribution < 1.29 is 14.3 Å². The van der Waals surface area contributed by atoms with E-state index in [1.165, 1.54) is 5.56 Å². The Balaban J connectivity index is 1.23. The smallest absolute Gasteiger partial charge is 0.226 e. The molecule has 4 aromatic rings. The average Bonchev–Trinajstić information content (AvgIpc) is 3.27. The molecule has 172 valence electrons. The molecule has 0 radical (unpaired) electrons. The maximum Gasteiger partial charge on any atom is 0.226 e. The number of hydrogen-bond acceptors (Lipinski definition) is 5. The highest BCUT2D eigenvalue weighted by Gasteiger charge is 2.16. The van der Waals surface area contributed by atoms with E-state index in [4.69, 9.17) is 14.5 Å². The Labute approximate surface area is 203 Å². The highest BCUT2D eigenvalue weighted by atomic mass is 32.1. The van der Waals surface area contributed by atoms with Gasteiger partial charge >= 0.3 is 0 Å². The summed E-state index contributed by atoms with van der Waals surface area (Å²) in [4.78, 5) is 18.6. The number of nitrogens with one attached hydrogen (secondary N) is 1. The van der Waals surface area contributed by atoms with Crippen LogP contribution in [0.5, 0.6) is 11.5 Å². The maximum atomic E-state index is 12.7. The number of anilines is 1. The third-order valence-electron chi connectivity index (χ3n) is 5.67. The zero-order valence-electron chi connectivity index (χ0n) is 18.8. The number of thiazole rings is 1. The number of rotatable bonds is 8. The summed E-state index contributed by atoms with van der Waals surface area (Å²) in [6.07, 6.45) is 2.77. The second-order valence-corrected chi connectivity index (χ2v) is 9.28. The lowest BCUT2D eigenvalue weighted by molar-refractivity contribution is -0.116. The molecule has 0 fully saturated rings. The third kappa shape index (κ3) is 5.46. The molecular weight excluding hydrogens is 444 g/mol. The predicted molar refractivity (Wildman–Crippen MR) is 136 cm³/mol. The number of amides is 1. The zero-order chi connectivity index (χ0) is 23.2. The highest BCUT2D eigenvalue weighted by Crippen LogP contribution is 2.33. The summed E-state index contributed by atoms with van der Waals surface area (Å²) in [5.74, 6) is 1.56. The van der Waals surface area contributed by atoms with Crippen LogP contribution in [0.3, 0.4) is 0 Å². The van der Waals surface area contributed by atoms with E-state index < -0.39 is 0 Å². The quantitative estimate of drug-likeness (QED) is 0.336. The lowest BCUT2D eigenvalue weighted by atomic mass is 10.1. The number of benzene rings is 3. The Morgan fingerprint density at radius 3 is 2.41 bits per heavy atom. The van der Waals surface area contributed by atoms with Gasteiger partial charge in [-0.15, -0.1) is 11.3 Å². The van der Waals surface area contributed by atoms with Gasteiger partial charge in [-0.2, -0.15) is 0 Å². The topological polar surface area (TPSA) is 60.5 Å². The van der Waals surface area contributed by atoms with Crippen molar-refractivity contribution in [2.75, 3.05) is 18.5 Å². The largest absolute Gasteiger partial charge is 0.486 e. The van der Waals surface area contributed by atoms with E-state index in [9.17, 15) is 4.79 Å². The van der Waals surface area contributed by atoms with Gasteiger partial charge in [0.2, 0.25) is 5.91 Å². The number of carbonyl (C=O) groups excluding carboxylic acids is 1. The number of nitrogens with zero attached hydrogens (tertiary/aromatic N) is 1. The number of aromatic nitrogens is 1. The first-order valence-corrected chi connectivity index (χ1v) is 12.3. The van der Waals surface area contributed by atoms with Gasteiger partial charge in [-0.25, -0.2) is 4.98 Å². The molecule has 0 aliphatic carbocycles. The van der Waals surface area contributed by atoms with Crippen LogP contribution in [0.1, 0.15) is 28.8 Å². The molecule has 2 heterocycles. The van der Waals surface area contributed by atoms with Crippen molar-refractivity contribution in [1.82, 2.24) is 4.98 Å². The summed E-state index contributed by atoms with van der Waals surface area (Å²) >= 11 is 1.55. The van der Waals surface area contributed by atoms with Crippen LogP contribution in [0.2, 0.25) is 0 Å². The van der Waals surface area contributed by atoms with Crippen LogP contribution in [0, 0.1) is 0 Å². The van der Waals surface area contributed by atoms with Crippen LogP contribution < -0.4 is 14.8 Å². The fourth-order valence-electron chi connectivity index (χ4n) is 4.01. The lowest BCUT2D eigenvalue weighted by Crippen LogP contribution is -2.15. The molecule has 3 aromatic carbocycles.